The van der Waals surface area contributed by atoms with Crippen molar-refractivity contribution in [3.05, 3.63) is 76.9 Å². The number of thioether (sulfide) groups is 1. The monoisotopic (exact) mass is 553 g/mol. The number of ether oxygens (including phenoxy) is 1. The number of nitrogens with one attached hydrogen (secondary N) is 2. The first-order chi connectivity index (χ1) is 18.3. The number of para-hydroxylation sites is 1. The fraction of sp³-hybridized carbons (Fsp3) is 0.452. The number of aryl methyl sites for hydroxylation is 4. The Bertz CT molecular complexity index is 1170. The zero-order valence-corrected chi connectivity index (χ0v) is 25.3. The molecular formula is C31H43N3O4S. The molecule has 0 fully saturated rings. The molecule has 0 aromatic heterocycles. The number of alkyl carbamates (subject to hydrolysis) is 1. The van der Waals surface area contributed by atoms with Gasteiger partial charge < -0.3 is 20.3 Å². The van der Waals surface area contributed by atoms with E-state index in [2.05, 4.69) is 17.2 Å². The van der Waals surface area contributed by atoms with Crippen molar-refractivity contribution in [1.29, 1.82) is 0 Å². The van der Waals surface area contributed by atoms with E-state index in [-0.39, 0.29) is 18.4 Å². The van der Waals surface area contributed by atoms with Crippen LogP contribution in [0.15, 0.2) is 49.1 Å². The summed E-state index contributed by atoms with van der Waals surface area (Å²) >= 11 is 1.57. The maximum Gasteiger partial charge on any atom is 0.408 e. The third-order valence-corrected chi connectivity index (χ3v) is 6.86. The second-order valence-corrected chi connectivity index (χ2v) is 11.8. The molecule has 2 aromatic rings. The Balaban J connectivity index is 2.58. The molecule has 2 rings (SSSR count). The van der Waals surface area contributed by atoms with Gasteiger partial charge in [0.05, 0.1) is 0 Å². The van der Waals surface area contributed by atoms with Gasteiger partial charge in [0.25, 0.3) is 5.91 Å². The largest absolute Gasteiger partial charge is 0.444 e. The lowest BCUT2D eigenvalue weighted by atomic mass is 9.96. The first-order valence-electron chi connectivity index (χ1n) is 13.1. The van der Waals surface area contributed by atoms with Gasteiger partial charge in [-0.2, -0.15) is 11.8 Å². The Morgan fingerprint density at radius 2 is 1.69 bits per heavy atom. The molecule has 212 valence electrons. The third-order valence-electron chi connectivity index (χ3n) is 6.22. The van der Waals surface area contributed by atoms with Gasteiger partial charge in [0.2, 0.25) is 5.91 Å². The molecule has 0 saturated carbocycles. The van der Waals surface area contributed by atoms with E-state index in [0.717, 1.165) is 22.3 Å². The van der Waals surface area contributed by atoms with Crippen LogP contribution >= 0.6 is 11.8 Å². The number of amides is 3. The quantitative estimate of drug-likeness (QED) is 0.321. The standard InChI is InChI=1S/C31H43N3O4S/c1-10-17-34(29(36)25(16-18-39-9)32-30(37)38-31(6,7)8)27(24-15-14-20(2)19-23(24)5)28(35)33-26-21(3)12-11-13-22(26)4/h10-15,19,25,27H,1,16-18H2,2-9H3,(H,32,37)(H,33,35). The highest BCUT2D eigenvalue weighted by atomic mass is 32.2. The van der Waals surface area contributed by atoms with Crippen LogP contribution in [0, 0.1) is 27.7 Å². The third kappa shape index (κ3) is 9.17. The van der Waals surface area contributed by atoms with Crippen molar-refractivity contribution in [2.75, 3.05) is 23.9 Å². The Kier molecular flexibility index (Phi) is 11.6. The van der Waals surface area contributed by atoms with E-state index in [1.54, 1.807) is 38.6 Å². The predicted molar refractivity (Wildman–Crippen MR) is 161 cm³/mol. The molecule has 2 atom stereocenters. The van der Waals surface area contributed by atoms with Gasteiger partial charge in [0, 0.05) is 12.2 Å². The van der Waals surface area contributed by atoms with Crippen LogP contribution < -0.4 is 10.6 Å². The Morgan fingerprint density at radius 1 is 1.05 bits per heavy atom. The molecular weight excluding hydrogens is 510 g/mol. The van der Waals surface area contributed by atoms with Gasteiger partial charge in [0.1, 0.15) is 17.7 Å². The first kappa shape index (κ1) is 32.0. The van der Waals surface area contributed by atoms with Gasteiger partial charge in [-0.15, -0.1) is 6.58 Å². The highest BCUT2D eigenvalue weighted by Gasteiger charge is 2.36. The van der Waals surface area contributed by atoms with Gasteiger partial charge >= 0.3 is 6.09 Å². The van der Waals surface area contributed by atoms with Crippen LogP contribution in [0.1, 0.15) is 61.1 Å². The molecule has 0 aliphatic heterocycles. The van der Waals surface area contributed by atoms with Gasteiger partial charge in [-0.1, -0.05) is 48.0 Å². The lowest BCUT2D eigenvalue weighted by Gasteiger charge is -2.34. The predicted octanol–water partition coefficient (Wildman–Crippen LogP) is 6.26. The van der Waals surface area contributed by atoms with E-state index in [1.807, 2.05) is 70.3 Å². The van der Waals surface area contributed by atoms with Crippen LogP contribution in [0.2, 0.25) is 0 Å². The van der Waals surface area contributed by atoms with Crippen LogP contribution in [0.25, 0.3) is 0 Å². The molecule has 0 heterocycles. The number of benzene rings is 2. The molecule has 2 aromatic carbocycles. The maximum atomic E-state index is 14.1. The van der Waals surface area contributed by atoms with Gasteiger partial charge in [-0.3, -0.25) is 9.59 Å². The zero-order valence-electron chi connectivity index (χ0n) is 24.5. The minimum absolute atomic E-state index is 0.114. The number of carbonyl (C=O) groups excluding carboxylic acids is 3. The van der Waals surface area contributed by atoms with E-state index in [9.17, 15) is 14.4 Å². The molecule has 8 heteroatoms. The summed E-state index contributed by atoms with van der Waals surface area (Å²) in [6.45, 7) is 17.1. The topological polar surface area (TPSA) is 87.7 Å². The van der Waals surface area contributed by atoms with E-state index in [4.69, 9.17) is 4.74 Å². The molecule has 39 heavy (non-hydrogen) atoms. The average molecular weight is 554 g/mol. The van der Waals surface area contributed by atoms with Gasteiger partial charge in [-0.05, 0) is 89.1 Å². The van der Waals surface area contributed by atoms with Crippen molar-refractivity contribution in [2.45, 2.75) is 72.6 Å². The number of hydrogen-bond acceptors (Lipinski definition) is 5. The highest BCUT2D eigenvalue weighted by Crippen LogP contribution is 2.29. The van der Waals surface area contributed by atoms with Crippen molar-refractivity contribution in [2.24, 2.45) is 0 Å². The number of rotatable bonds is 11. The van der Waals surface area contributed by atoms with Crippen LogP contribution in [-0.2, 0) is 14.3 Å². The average Bonchev–Trinajstić information content (AvgIpc) is 2.83. The van der Waals surface area contributed by atoms with Crippen LogP contribution in [0.3, 0.4) is 0 Å². The van der Waals surface area contributed by atoms with E-state index in [1.165, 1.54) is 4.90 Å². The summed E-state index contributed by atoms with van der Waals surface area (Å²) < 4.78 is 5.44. The number of anilines is 1. The minimum Gasteiger partial charge on any atom is -0.444 e. The summed E-state index contributed by atoms with van der Waals surface area (Å²) in [5, 5.41) is 5.84. The van der Waals surface area contributed by atoms with Crippen LogP contribution in [-0.4, -0.2) is 53.0 Å². The Morgan fingerprint density at radius 3 is 2.23 bits per heavy atom. The number of carbonyl (C=O) groups is 3. The summed E-state index contributed by atoms with van der Waals surface area (Å²) in [6, 6.07) is 9.79. The molecule has 0 radical (unpaired) electrons. The Hall–Kier alpha value is -3.26. The van der Waals surface area contributed by atoms with E-state index in [0.29, 0.717) is 23.4 Å². The molecule has 0 saturated heterocycles. The van der Waals surface area contributed by atoms with E-state index < -0.39 is 23.8 Å². The Labute approximate surface area is 237 Å². The van der Waals surface area contributed by atoms with Crippen molar-refractivity contribution in [3.63, 3.8) is 0 Å². The fourth-order valence-corrected chi connectivity index (χ4v) is 4.86. The van der Waals surface area contributed by atoms with Crippen molar-refractivity contribution < 1.29 is 19.1 Å². The molecule has 3 amide bonds. The lowest BCUT2D eigenvalue weighted by molar-refractivity contribution is -0.140. The molecule has 2 N–H and O–H groups in total. The highest BCUT2D eigenvalue weighted by molar-refractivity contribution is 7.98. The van der Waals surface area contributed by atoms with Crippen LogP contribution in [0.5, 0.6) is 0 Å². The van der Waals surface area contributed by atoms with Crippen molar-refractivity contribution in [1.82, 2.24) is 10.2 Å². The molecule has 7 nitrogen and oxygen atoms in total. The summed E-state index contributed by atoms with van der Waals surface area (Å²) in [7, 11) is 0. The van der Waals surface area contributed by atoms with Gasteiger partial charge in [0.15, 0.2) is 0 Å². The number of nitrogens with zero attached hydrogens (tertiary/aromatic N) is 1. The fourth-order valence-electron chi connectivity index (χ4n) is 4.39. The second-order valence-electron chi connectivity index (χ2n) is 10.8. The smallest absolute Gasteiger partial charge is 0.408 e. The lowest BCUT2D eigenvalue weighted by Crippen LogP contribution is -2.52. The first-order valence-corrected chi connectivity index (χ1v) is 14.5. The van der Waals surface area contributed by atoms with Crippen molar-refractivity contribution >= 4 is 35.4 Å². The zero-order chi connectivity index (χ0) is 29.3. The number of hydrogen-bond donors (Lipinski definition) is 2. The second kappa shape index (κ2) is 14.2. The molecule has 0 bridgehead atoms. The van der Waals surface area contributed by atoms with E-state index >= 15 is 0 Å². The minimum atomic E-state index is -0.952. The SMILES string of the molecule is C=CCN(C(=O)C(CCSC)NC(=O)OC(C)(C)C)C(C(=O)Nc1c(C)cccc1C)c1ccc(C)cc1C. The van der Waals surface area contributed by atoms with Crippen LogP contribution in [0.4, 0.5) is 10.5 Å². The summed E-state index contributed by atoms with van der Waals surface area (Å²) in [5.41, 5.74) is 4.50. The summed E-state index contributed by atoms with van der Waals surface area (Å²) in [4.78, 5) is 42.4. The summed E-state index contributed by atoms with van der Waals surface area (Å²) in [6.07, 6.45) is 3.24. The van der Waals surface area contributed by atoms with Crippen molar-refractivity contribution in [3.8, 4) is 0 Å². The molecule has 0 aliphatic carbocycles. The molecule has 2 unspecified atom stereocenters. The normalized spacial score (nSPS) is 12.7. The molecule has 0 spiro atoms. The summed E-state index contributed by atoms with van der Waals surface area (Å²) in [5.74, 6) is -0.0800. The maximum absolute atomic E-state index is 14.1. The van der Waals surface area contributed by atoms with Gasteiger partial charge in [-0.25, -0.2) is 4.79 Å². The molecule has 0 aliphatic rings.